The Hall–Kier alpha value is -3.48. The molecule has 7 heteroatoms. The van der Waals surface area contributed by atoms with Gasteiger partial charge in [0.25, 0.3) is 5.91 Å². The number of halogens is 1. The van der Waals surface area contributed by atoms with Gasteiger partial charge in [-0.3, -0.25) is 9.59 Å². The number of nitrogens with one attached hydrogen (secondary N) is 1. The maximum atomic E-state index is 13.4. The van der Waals surface area contributed by atoms with Crippen LogP contribution in [0.3, 0.4) is 0 Å². The quantitative estimate of drug-likeness (QED) is 0.710. The molecule has 0 aliphatic heterocycles. The van der Waals surface area contributed by atoms with Crippen LogP contribution in [0.25, 0.3) is 5.69 Å². The van der Waals surface area contributed by atoms with E-state index in [4.69, 9.17) is 0 Å². The molecule has 2 aromatic carbocycles. The molecule has 144 valence electrons. The summed E-state index contributed by atoms with van der Waals surface area (Å²) in [6, 6.07) is 14.9. The van der Waals surface area contributed by atoms with E-state index < -0.39 is 0 Å². The minimum absolute atomic E-state index is 0.0301. The highest BCUT2D eigenvalue weighted by Gasteiger charge is 2.15. The Morgan fingerprint density at radius 1 is 1.14 bits per heavy atom. The first-order chi connectivity index (χ1) is 13.5. The van der Waals surface area contributed by atoms with Crippen molar-refractivity contribution >= 4 is 17.5 Å². The van der Waals surface area contributed by atoms with Crippen LogP contribution < -0.4 is 5.32 Å². The number of aromatic nitrogens is 2. The smallest absolute Gasteiger partial charge is 0.276 e. The first-order valence-electron chi connectivity index (χ1n) is 8.94. The molecule has 0 bridgehead atoms. The van der Waals surface area contributed by atoms with Crippen molar-refractivity contribution < 1.29 is 14.0 Å². The fourth-order valence-corrected chi connectivity index (χ4v) is 2.83. The first-order valence-corrected chi connectivity index (χ1v) is 8.94. The SMILES string of the molecule is CCN(Cc1ccccc1NC(=O)c1ccn(-c2cccc(F)c2)n1)C(C)=O. The molecule has 0 fully saturated rings. The van der Waals surface area contributed by atoms with E-state index >= 15 is 0 Å². The third-order valence-corrected chi connectivity index (χ3v) is 4.35. The number of para-hydroxylation sites is 1. The van der Waals surface area contributed by atoms with Gasteiger partial charge in [0.2, 0.25) is 5.91 Å². The van der Waals surface area contributed by atoms with Crippen LogP contribution in [0.5, 0.6) is 0 Å². The van der Waals surface area contributed by atoms with Gasteiger partial charge in [-0.25, -0.2) is 9.07 Å². The van der Waals surface area contributed by atoms with Crippen LogP contribution >= 0.6 is 0 Å². The Balaban J connectivity index is 1.78. The number of amides is 2. The second-order valence-electron chi connectivity index (χ2n) is 6.27. The molecule has 1 heterocycles. The van der Waals surface area contributed by atoms with Crippen molar-refractivity contribution in [1.29, 1.82) is 0 Å². The van der Waals surface area contributed by atoms with Crippen LogP contribution in [-0.4, -0.2) is 33.0 Å². The van der Waals surface area contributed by atoms with Crippen molar-refractivity contribution in [3.05, 3.63) is 77.9 Å². The maximum Gasteiger partial charge on any atom is 0.276 e. The highest BCUT2D eigenvalue weighted by Crippen LogP contribution is 2.18. The molecule has 6 nitrogen and oxygen atoms in total. The Labute approximate surface area is 162 Å². The summed E-state index contributed by atoms with van der Waals surface area (Å²) in [5.41, 5.74) is 2.18. The summed E-state index contributed by atoms with van der Waals surface area (Å²) < 4.78 is 14.8. The van der Waals surface area contributed by atoms with Gasteiger partial charge in [0.05, 0.1) is 5.69 Å². The lowest BCUT2D eigenvalue weighted by Crippen LogP contribution is -2.28. The van der Waals surface area contributed by atoms with Gasteiger partial charge in [0, 0.05) is 31.9 Å². The van der Waals surface area contributed by atoms with Crippen molar-refractivity contribution in [2.45, 2.75) is 20.4 Å². The third kappa shape index (κ3) is 4.43. The van der Waals surface area contributed by atoms with Gasteiger partial charge < -0.3 is 10.2 Å². The summed E-state index contributed by atoms with van der Waals surface area (Å²) >= 11 is 0. The summed E-state index contributed by atoms with van der Waals surface area (Å²) in [5, 5.41) is 7.07. The molecule has 0 radical (unpaired) electrons. The number of hydrogen-bond acceptors (Lipinski definition) is 3. The van der Waals surface area contributed by atoms with Crippen LogP contribution in [0.15, 0.2) is 60.8 Å². The van der Waals surface area contributed by atoms with E-state index in [9.17, 15) is 14.0 Å². The molecular weight excluding hydrogens is 359 g/mol. The highest BCUT2D eigenvalue weighted by molar-refractivity contribution is 6.03. The second-order valence-corrected chi connectivity index (χ2v) is 6.27. The molecule has 1 aromatic heterocycles. The zero-order valence-electron chi connectivity index (χ0n) is 15.7. The fourth-order valence-electron chi connectivity index (χ4n) is 2.83. The number of anilines is 1. The fraction of sp³-hybridized carbons (Fsp3) is 0.190. The van der Waals surface area contributed by atoms with Crippen LogP contribution in [0.1, 0.15) is 29.9 Å². The van der Waals surface area contributed by atoms with Crippen molar-refractivity contribution in [2.75, 3.05) is 11.9 Å². The molecule has 3 aromatic rings. The number of hydrogen-bond donors (Lipinski definition) is 1. The molecule has 0 aliphatic carbocycles. The van der Waals surface area contributed by atoms with Gasteiger partial charge in [-0.15, -0.1) is 0 Å². The largest absolute Gasteiger partial charge is 0.339 e. The summed E-state index contributed by atoms with van der Waals surface area (Å²) in [6.45, 7) is 4.40. The molecule has 1 N–H and O–H groups in total. The number of carbonyl (C=O) groups excluding carboxylic acids is 2. The standard InChI is InChI=1S/C21H21FN4O2/c1-3-25(15(2)27)14-16-7-4-5-10-19(16)23-21(28)20-11-12-26(24-20)18-9-6-8-17(22)13-18/h4-13H,3,14H2,1-2H3,(H,23,28). The summed E-state index contributed by atoms with van der Waals surface area (Å²) in [5.74, 6) is -0.787. The molecule has 0 unspecified atom stereocenters. The van der Waals surface area contributed by atoms with Crippen molar-refractivity contribution in [3.8, 4) is 5.69 Å². The monoisotopic (exact) mass is 380 g/mol. The summed E-state index contributed by atoms with van der Waals surface area (Å²) in [6.07, 6.45) is 1.60. The summed E-state index contributed by atoms with van der Waals surface area (Å²) in [7, 11) is 0. The Morgan fingerprint density at radius 2 is 1.93 bits per heavy atom. The van der Waals surface area contributed by atoms with Crippen molar-refractivity contribution in [3.63, 3.8) is 0 Å². The van der Waals surface area contributed by atoms with E-state index in [-0.39, 0.29) is 23.3 Å². The van der Waals surface area contributed by atoms with Gasteiger partial charge in [0.15, 0.2) is 5.69 Å². The minimum atomic E-state index is -0.381. The van der Waals surface area contributed by atoms with Gasteiger partial charge in [-0.05, 0) is 42.8 Å². The number of carbonyl (C=O) groups is 2. The predicted octanol–water partition coefficient (Wildman–Crippen LogP) is 3.63. The first kappa shape index (κ1) is 19.3. The molecule has 0 saturated heterocycles. The molecule has 0 aliphatic rings. The van der Waals surface area contributed by atoms with E-state index in [2.05, 4.69) is 10.4 Å². The molecule has 0 spiro atoms. The minimum Gasteiger partial charge on any atom is -0.339 e. The lowest BCUT2D eigenvalue weighted by Gasteiger charge is -2.20. The second kappa shape index (κ2) is 8.47. The molecule has 28 heavy (non-hydrogen) atoms. The summed E-state index contributed by atoms with van der Waals surface area (Å²) in [4.78, 5) is 26.0. The topological polar surface area (TPSA) is 67.2 Å². The molecular formula is C21H21FN4O2. The predicted molar refractivity (Wildman–Crippen MR) is 105 cm³/mol. The lowest BCUT2D eigenvalue weighted by atomic mass is 10.1. The normalized spacial score (nSPS) is 10.5. The Bertz CT molecular complexity index is 999. The van der Waals surface area contributed by atoms with Crippen LogP contribution in [-0.2, 0) is 11.3 Å². The average Bonchev–Trinajstić information content (AvgIpc) is 3.17. The van der Waals surface area contributed by atoms with E-state index in [0.29, 0.717) is 24.5 Å². The molecule has 2 amide bonds. The molecule has 0 saturated carbocycles. The van der Waals surface area contributed by atoms with Crippen LogP contribution in [0.2, 0.25) is 0 Å². The number of nitrogens with zero attached hydrogens (tertiary/aromatic N) is 3. The Morgan fingerprint density at radius 3 is 2.64 bits per heavy atom. The average molecular weight is 380 g/mol. The zero-order chi connectivity index (χ0) is 20.1. The van der Waals surface area contributed by atoms with E-state index in [0.717, 1.165) is 5.56 Å². The highest BCUT2D eigenvalue weighted by atomic mass is 19.1. The zero-order valence-corrected chi connectivity index (χ0v) is 15.7. The number of benzene rings is 2. The van der Waals surface area contributed by atoms with Gasteiger partial charge in [0.1, 0.15) is 5.82 Å². The lowest BCUT2D eigenvalue weighted by molar-refractivity contribution is -0.129. The van der Waals surface area contributed by atoms with E-state index in [1.165, 1.54) is 23.7 Å². The van der Waals surface area contributed by atoms with E-state index in [1.807, 2.05) is 25.1 Å². The Kier molecular flexibility index (Phi) is 5.84. The van der Waals surface area contributed by atoms with E-state index in [1.54, 1.807) is 35.4 Å². The van der Waals surface area contributed by atoms with Gasteiger partial charge in [-0.1, -0.05) is 24.3 Å². The van der Waals surface area contributed by atoms with Crippen LogP contribution in [0, 0.1) is 5.82 Å². The van der Waals surface area contributed by atoms with Gasteiger partial charge in [-0.2, -0.15) is 5.10 Å². The van der Waals surface area contributed by atoms with Crippen molar-refractivity contribution in [2.24, 2.45) is 0 Å². The maximum absolute atomic E-state index is 13.4. The van der Waals surface area contributed by atoms with Crippen LogP contribution in [0.4, 0.5) is 10.1 Å². The van der Waals surface area contributed by atoms with Gasteiger partial charge >= 0.3 is 0 Å². The van der Waals surface area contributed by atoms with Crippen molar-refractivity contribution in [1.82, 2.24) is 14.7 Å². The number of rotatable bonds is 6. The molecule has 3 rings (SSSR count). The molecule has 0 atom stereocenters. The third-order valence-electron chi connectivity index (χ3n) is 4.35.